The number of sulfonamides is 1. The molecule has 0 aliphatic carbocycles. The van der Waals surface area contributed by atoms with Gasteiger partial charge in [-0.15, -0.1) is 0 Å². The van der Waals surface area contributed by atoms with Crippen LogP contribution in [0.2, 0.25) is 0 Å². The van der Waals surface area contributed by atoms with Gasteiger partial charge in [-0.2, -0.15) is 0 Å². The van der Waals surface area contributed by atoms with Gasteiger partial charge in [0, 0.05) is 6.04 Å². The summed E-state index contributed by atoms with van der Waals surface area (Å²) in [6.45, 7) is 6.70. The molecule has 0 amide bonds. The molecular weight excluding hydrogens is 292 g/mol. The van der Waals surface area contributed by atoms with Crippen molar-refractivity contribution in [2.45, 2.75) is 50.6 Å². The molecule has 0 aliphatic rings. The van der Waals surface area contributed by atoms with Crippen molar-refractivity contribution in [3.8, 4) is 0 Å². The van der Waals surface area contributed by atoms with Gasteiger partial charge in [-0.25, -0.2) is 17.9 Å². The summed E-state index contributed by atoms with van der Waals surface area (Å²) in [5.74, 6) is -1.03. The molecule has 0 aromatic heterocycles. The Kier molecular flexibility index (Phi) is 5.36. The fraction of sp³-hybridized carbons (Fsp3) is 0.500. The number of aliphatic carboxylic acids is 1. The molecule has 0 saturated carbocycles. The molecule has 118 valence electrons. The quantitative estimate of drug-likeness (QED) is 0.716. The first kappa shape index (κ1) is 17.5. The van der Waals surface area contributed by atoms with Gasteiger partial charge in [0.1, 0.15) is 10.4 Å². The number of benzene rings is 1. The Hall–Kier alpha value is -1.60. The van der Waals surface area contributed by atoms with Crippen molar-refractivity contribution in [2.24, 2.45) is 0 Å². The Bertz CT molecular complexity index is 613. The van der Waals surface area contributed by atoms with Gasteiger partial charge in [-0.3, -0.25) is 0 Å². The van der Waals surface area contributed by atoms with Gasteiger partial charge in [0.2, 0.25) is 10.0 Å². The maximum atomic E-state index is 12.3. The molecular formula is C14H22N2O4S. The van der Waals surface area contributed by atoms with Gasteiger partial charge in [-0.1, -0.05) is 19.1 Å². The van der Waals surface area contributed by atoms with Crippen LogP contribution in [0.4, 0.5) is 5.69 Å². The van der Waals surface area contributed by atoms with Crippen molar-refractivity contribution >= 4 is 21.7 Å². The van der Waals surface area contributed by atoms with Crippen LogP contribution >= 0.6 is 0 Å². The first-order chi connectivity index (χ1) is 9.62. The minimum Gasteiger partial charge on any atom is -0.480 e. The smallest absolute Gasteiger partial charge is 0.329 e. The maximum Gasteiger partial charge on any atom is 0.329 e. The van der Waals surface area contributed by atoms with Gasteiger partial charge in [0.15, 0.2) is 0 Å². The monoisotopic (exact) mass is 314 g/mol. The number of carboxylic acids is 1. The first-order valence-corrected chi connectivity index (χ1v) is 8.23. The predicted molar refractivity (Wildman–Crippen MR) is 81.9 cm³/mol. The number of anilines is 1. The molecule has 7 heteroatoms. The zero-order valence-corrected chi connectivity index (χ0v) is 13.5. The molecule has 1 aromatic carbocycles. The Morgan fingerprint density at radius 2 is 1.90 bits per heavy atom. The molecule has 1 rings (SSSR count). The molecule has 0 bridgehead atoms. The van der Waals surface area contributed by atoms with Crippen LogP contribution in [0.25, 0.3) is 0 Å². The summed E-state index contributed by atoms with van der Waals surface area (Å²) < 4.78 is 27.1. The second-order valence-corrected chi connectivity index (χ2v) is 7.07. The fourth-order valence-corrected chi connectivity index (χ4v) is 3.18. The predicted octanol–water partition coefficient (Wildman–Crippen LogP) is 2.04. The molecule has 21 heavy (non-hydrogen) atoms. The number of rotatable bonds is 7. The fourth-order valence-electron chi connectivity index (χ4n) is 1.77. The van der Waals surface area contributed by atoms with Crippen molar-refractivity contribution in [1.82, 2.24) is 4.72 Å². The highest BCUT2D eigenvalue weighted by Gasteiger charge is 2.32. The lowest BCUT2D eigenvalue weighted by Gasteiger charge is -2.27. The molecule has 0 fully saturated rings. The van der Waals surface area contributed by atoms with Crippen LogP contribution in [0, 0.1) is 0 Å². The van der Waals surface area contributed by atoms with E-state index < -0.39 is 21.5 Å². The molecule has 0 spiro atoms. The third-order valence-electron chi connectivity index (χ3n) is 3.16. The number of carbonyl (C=O) groups is 1. The Balaban J connectivity index is 3.26. The molecule has 0 aliphatic heterocycles. The summed E-state index contributed by atoms with van der Waals surface area (Å²) >= 11 is 0. The zero-order chi connectivity index (χ0) is 16.3. The van der Waals surface area contributed by atoms with E-state index in [4.69, 9.17) is 0 Å². The van der Waals surface area contributed by atoms with Gasteiger partial charge in [0.05, 0.1) is 5.69 Å². The number of carboxylic acid groups (broad SMARTS) is 1. The molecule has 1 aromatic rings. The van der Waals surface area contributed by atoms with Crippen molar-refractivity contribution in [3.05, 3.63) is 24.3 Å². The lowest BCUT2D eigenvalue weighted by molar-refractivity contribution is -0.141. The summed E-state index contributed by atoms with van der Waals surface area (Å²) in [5.41, 5.74) is -0.957. The van der Waals surface area contributed by atoms with Crippen LogP contribution in [0.3, 0.4) is 0 Å². The molecule has 6 nitrogen and oxygen atoms in total. The topological polar surface area (TPSA) is 95.5 Å². The van der Waals surface area contributed by atoms with Crippen LogP contribution in [0.1, 0.15) is 34.1 Å². The van der Waals surface area contributed by atoms with Crippen LogP contribution < -0.4 is 10.0 Å². The third-order valence-corrected chi connectivity index (χ3v) is 4.87. The van der Waals surface area contributed by atoms with Gasteiger partial charge in [0.25, 0.3) is 0 Å². The van der Waals surface area contributed by atoms with E-state index in [1.165, 1.54) is 13.0 Å². The number of para-hydroxylation sites is 1. The van der Waals surface area contributed by atoms with E-state index in [0.29, 0.717) is 6.42 Å². The van der Waals surface area contributed by atoms with Crippen molar-refractivity contribution in [3.63, 3.8) is 0 Å². The van der Waals surface area contributed by atoms with E-state index in [0.717, 1.165) is 0 Å². The van der Waals surface area contributed by atoms with Gasteiger partial charge in [-0.05, 0) is 39.3 Å². The summed E-state index contributed by atoms with van der Waals surface area (Å²) in [5, 5.41) is 12.1. The Morgan fingerprint density at radius 1 is 1.33 bits per heavy atom. The summed E-state index contributed by atoms with van der Waals surface area (Å²) in [6.07, 6.45) is 0.314. The lowest BCUT2D eigenvalue weighted by Crippen LogP contribution is -2.43. The first-order valence-electron chi connectivity index (χ1n) is 6.75. The van der Waals surface area contributed by atoms with Crippen molar-refractivity contribution < 1.29 is 18.3 Å². The van der Waals surface area contributed by atoms with E-state index in [9.17, 15) is 18.3 Å². The number of hydrogen-bond donors (Lipinski definition) is 3. The van der Waals surface area contributed by atoms with Crippen LogP contribution in [-0.4, -0.2) is 31.1 Å². The zero-order valence-electron chi connectivity index (χ0n) is 12.7. The standard InChI is InChI=1S/C14H22N2O4S/c1-5-14(4,13(17)18)15-11-8-6-7-9-12(11)21(19,20)16-10(2)3/h6-10,15-16H,5H2,1-4H3,(H,17,18). The lowest BCUT2D eigenvalue weighted by atomic mass is 9.99. The molecule has 1 atom stereocenters. The summed E-state index contributed by atoms with van der Waals surface area (Å²) in [4.78, 5) is 11.4. The summed E-state index contributed by atoms with van der Waals surface area (Å²) in [7, 11) is -3.70. The van der Waals surface area contributed by atoms with Gasteiger partial charge < -0.3 is 10.4 Å². The third kappa shape index (κ3) is 4.18. The van der Waals surface area contributed by atoms with Crippen molar-refractivity contribution in [2.75, 3.05) is 5.32 Å². The Morgan fingerprint density at radius 3 is 2.38 bits per heavy atom. The molecule has 1 unspecified atom stereocenters. The molecule has 0 heterocycles. The normalized spacial score (nSPS) is 14.7. The Labute approximate surface area is 125 Å². The van der Waals surface area contributed by atoms with Gasteiger partial charge >= 0.3 is 5.97 Å². The minimum atomic E-state index is -3.70. The number of nitrogens with one attached hydrogen (secondary N) is 2. The maximum absolute atomic E-state index is 12.3. The largest absolute Gasteiger partial charge is 0.480 e. The molecule has 0 radical (unpaired) electrons. The summed E-state index contributed by atoms with van der Waals surface area (Å²) in [6, 6.07) is 6.02. The number of hydrogen-bond acceptors (Lipinski definition) is 4. The highest BCUT2D eigenvalue weighted by Crippen LogP contribution is 2.26. The average molecular weight is 314 g/mol. The highest BCUT2D eigenvalue weighted by atomic mass is 32.2. The van der Waals surface area contributed by atoms with Crippen LogP contribution in [0.5, 0.6) is 0 Å². The minimum absolute atomic E-state index is 0.0413. The van der Waals surface area contributed by atoms with E-state index in [1.807, 2.05) is 0 Å². The van der Waals surface area contributed by atoms with E-state index in [2.05, 4.69) is 10.0 Å². The van der Waals surface area contributed by atoms with E-state index in [1.54, 1.807) is 39.0 Å². The van der Waals surface area contributed by atoms with Crippen LogP contribution in [0.15, 0.2) is 29.2 Å². The molecule has 0 saturated heterocycles. The van der Waals surface area contributed by atoms with E-state index in [-0.39, 0.29) is 16.6 Å². The van der Waals surface area contributed by atoms with Crippen LogP contribution in [-0.2, 0) is 14.8 Å². The second kappa shape index (κ2) is 6.44. The molecule has 3 N–H and O–H groups in total. The average Bonchev–Trinajstić information content (AvgIpc) is 2.37. The highest BCUT2D eigenvalue weighted by molar-refractivity contribution is 7.89. The van der Waals surface area contributed by atoms with Crippen molar-refractivity contribution in [1.29, 1.82) is 0 Å². The second-order valence-electron chi connectivity index (χ2n) is 5.39. The van der Waals surface area contributed by atoms with E-state index >= 15 is 0 Å². The SMILES string of the molecule is CCC(C)(Nc1ccccc1S(=O)(=O)NC(C)C)C(=O)O.